The fraction of sp³-hybridized carbons (Fsp3) is 0.600. The van der Waals surface area contributed by atoms with Crippen LogP contribution in [0.3, 0.4) is 0 Å². The summed E-state index contributed by atoms with van der Waals surface area (Å²) >= 11 is 1.63. The maximum atomic E-state index is 5.99. The standard InChI is InChI=1S/C15H22N4OS/c1-2-19(13-5-3-12(16)4-6-13)9-14-17-15(20-18-14)11-7-8-21-10-11/h7-8,10,12-13H,2-6,9,16H2,1H3. The summed E-state index contributed by atoms with van der Waals surface area (Å²) in [5.74, 6) is 1.39. The fourth-order valence-electron chi connectivity index (χ4n) is 2.97. The molecule has 2 aromatic heterocycles. The van der Waals surface area contributed by atoms with Crippen molar-refractivity contribution in [1.29, 1.82) is 0 Å². The highest BCUT2D eigenvalue weighted by Crippen LogP contribution is 2.24. The van der Waals surface area contributed by atoms with Crippen LogP contribution in [0.5, 0.6) is 0 Å². The number of aromatic nitrogens is 2. The maximum Gasteiger partial charge on any atom is 0.258 e. The van der Waals surface area contributed by atoms with E-state index in [-0.39, 0.29) is 0 Å². The predicted octanol–water partition coefficient (Wildman–Crippen LogP) is 2.89. The highest BCUT2D eigenvalue weighted by molar-refractivity contribution is 7.08. The minimum atomic E-state index is 0.385. The van der Waals surface area contributed by atoms with E-state index in [4.69, 9.17) is 10.3 Å². The average molecular weight is 306 g/mol. The summed E-state index contributed by atoms with van der Waals surface area (Å²) in [4.78, 5) is 6.95. The maximum absolute atomic E-state index is 5.99. The second-order valence-electron chi connectivity index (χ2n) is 5.66. The first-order valence-corrected chi connectivity index (χ1v) is 8.55. The van der Waals surface area contributed by atoms with Crippen LogP contribution in [0.15, 0.2) is 21.3 Å². The van der Waals surface area contributed by atoms with Crippen LogP contribution in [0.1, 0.15) is 38.4 Å². The van der Waals surface area contributed by atoms with E-state index in [1.165, 1.54) is 12.8 Å². The number of hydrogen-bond donors (Lipinski definition) is 1. The zero-order valence-corrected chi connectivity index (χ0v) is 13.2. The van der Waals surface area contributed by atoms with Crippen LogP contribution in [0, 0.1) is 0 Å². The van der Waals surface area contributed by atoms with Gasteiger partial charge in [-0.2, -0.15) is 16.3 Å². The normalized spacial score (nSPS) is 22.8. The first kappa shape index (κ1) is 14.7. The summed E-state index contributed by atoms with van der Waals surface area (Å²) in [5.41, 5.74) is 7.00. The van der Waals surface area contributed by atoms with Crippen LogP contribution in [0.2, 0.25) is 0 Å². The molecular weight excluding hydrogens is 284 g/mol. The quantitative estimate of drug-likeness (QED) is 0.920. The second kappa shape index (κ2) is 6.68. The topological polar surface area (TPSA) is 68.2 Å². The summed E-state index contributed by atoms with van der Waals surface area (Å²) in [6, 6.07) is 2.98. The van der Waals surface area contributed by atoms with Gasteiger partial charge < -0.3 is 10.3 Å². The lowest BCUT2D eigenvalue weighted by Gasteiger charge is -2.34. The van der Waals surface area contributed by atoms with Gasteiger partial charge in [0.25, 0.3) is 5.89 Å². The molecule has 0 atom stereocenters. The number of rotatable bonds is 5. The smallest absolute Gasteiger partial charge is 0.258 e. The molecule has 2 aromatic rings. The van der Waals surface area contributed by atoms with Crippen molar-refractivity contribution < 1.29 is 4.52 Å². The van der Waals surface area contributed by atoms with E-state index in [0.29, 0.717) is 18.0 Å². The first-order chi connectivity index (χ1) is 10.3. The summed E-state index contributed by atoms with van der Waals surface area (Å²) < 4.78 is 5.36. The third kappa shape index (κ3) is 3.51. The van der Waals surface area contributed by atoms with Gasteiger partial charge in [-0.3, -0.25) is 4.90 Å². The SMILES string of the molecule is CCN(Cc1noc(-c2ccsc2)n1)C1CCC(N)CC1. The Morgan fingerprint density at radius 2 is 2.19 bits per heavy atom. The molecule has 0 unspecified atom stereocenters. The molecule has 114 valence electrons. The molecule has 0 spiro atoms. The zero-order chi connectivity index (χ0) is 14.7. The molecule has 1 aliphatic rings. The van der Waals surface area contributed by atoms with Crippen molar-refractivity contribution >= 4 is 11.3 Å². The van der Waals surface area contributed by atoms with Crippen molar-refractivity contribution in [2.24, 2.45) is 5.73 Å². The van der Waals surface area contributed by atoms with Gasteiger partial charge in [0.1, 0.15) is 0 Å². The van der Waals surface area contributed by atoms with Crippen LogP contribution in [0.25, 0.3) is 11.5 Å². The number of thiophene rings is 1. The van der Waals surface area contributed by atoms with E-state index >= 15 is 0 Å². The lowest BCUT2D eigenvalue weighted by Crippen LogP contribution is -2.40. The van der Waals surface area contributed by atoms with Crippen molar-refractivity contribution in [3.63, 3.8) is 0 Å². The van der Waals surface area contributed by atoms with Crippen LogP contribution in [-0.2, 0) is 6.54 Å². The van der Waals surface area contributed by atoms with Gasteiger partial charge in [-0.05, 0) is 43.7 Å². The van der Waals surface area contributed by atoms with Gasteiger partial charge in [0.05, 0.1) is 12.1 Å². The summed E-state index contributed by atoms with van der Waals surface area (Å²) in [6.45, 7) is 3.95. The minimum absolute atomic E-state index is 0.385. The molecular formula is C15H22N4OS. The molecule has 1 aliphatic carbocycles. The molecule has 2 heterocycles. The van der Waals surface area contributed by atoms with Gasteiger partial charge in [-0.25, -0.2) is 0 Å². The lowest BCUT2D eigenvalue weighted by atomic mass is 9.91. The van der Waals surface area contributed by atoms with Crippen molar-refractivity contribution in [1.82, 2.24) is 15.0 Å². The Hall–Kier alpha value is -1.24. The molecule has 0 aromatic carbocycles. The van der Waals surface area contributed by atoms with Crippen LogP contribution in [0.4, 0.5) is 0 Å². The molecule has 5 nitrogen and oxygen atoms in total. The minimum Gasteiger partial charge on any atom is -0.334 e. The Morgan fingerprint density at radius 1 is 1.38 bits per heavy atom. The van der Waals surface area contributed by atoms with Crippen molar-refractivity contribution in [2.75, 3.05) is 6.54 Å². The number of nitrogens with zero attached hydrogens (tertiary/aromatic N) is 3. The number of hydrogen-bond acceptors (Lipinski definition) is 6. The van der Waals surface area contributed by atoms with E-state index in [1.807, 2.05) is 16.8 Å². The summed E-state index contributed by atoms with van der Waals surface area (Å²) in [5, 5.41) is 8.16. The van der Waals surface area contributed by atoms with Gasteiger partial charge >= 0.3 is 0 Å². The molecule has 0 bridgehead atoms. The Morgan fingerprint density at radius 3 is 2.86 bits per heavy atom. The Kier molecular flexibility index (Phi) is 4.67. The first-order valence-electron chi connectivity index (χ1n) is 7.61. The van der Waals surface area contributed by atoms with Gasteiger partial charge in [0.15, 0.2) is 5.82 Å². The van der Waals surface area contributed by atoms with Crippen molar-refractivity contribution in [3.05, 3.63) is 22.7 Å². The van der Waals surface area contributed by atoms with Gasteiger partial charge in [-0.15, -0.1) is 0 Å². The van der Waals surface area contributed by atoms with E-state index < -0.39 is 0 Å². The van der Waals surface area contributed by atoms with Crippen molar-refractivity contribution in [3.8, 4) is 11.5 Å². The third-order valence-electron chi connectivity index (χ3n) is 4.24. The van der Waals surface area contributed by atoms with E-state index in [2.05, 4.69) is 22.0 Å². The van der Waals surface area contributed by atoms with E-state index in [1.54, 1.807) is 11.3 Å². The van der Waals surface area contributed by atoms with Crippen LogP contribution in [-0.4, -0.2) is 33.7 Å². The lowest BCUT2D eigenvalue weighted by molar-refractivity contribution is 0.144. The largest absolute Gasteiger partial charge is 0.334 e. The van der Waals surface area contributed by atoms with Gasteiger partial charge in [0, 0.05) is 17.5 Å². The predicted molar refractivity (Wildman–Crippen MR) is 83.9 cm³/mol. The number of nitrogens with two attached hydrogens (primary N) is 1. The molecule has 1 fully saturated rings. The Labute approximate surface area is 129 Å². The molecule has 2 N–H and O–H groups in total. The molecule has 0 radical (unpaired) electrons. The highest BCUT2D eigenvalue weighted by Gasteiger charge is 2.24. The van der Waals surface area contributed by atoms with Crippen LogP contribution < -0.4 is 5.73 Å². The molecule has 3 rings (SSSR count). The van der Waals surface area contributed by atoms with Crippen molar-refractivity contribution in [2.45, 2.75) is 51.2 Å². The average Bonchev–Trinajstić information content (AvgIpc) is 3.17. The Balaban J connectivity index is 1.64. The second-order valence-corrected chi connectivity index (χ2v) is 6.44. The van der Waals surface area contributed by atoms with E-state index in [9.17, 15) is 0 Å². The summed E-state index contributed by atoms with van der Waals surface area (Å²) in [7, 11) is 0. The summed E-state index contributed by atoms with van der Waals surface area (Å²) in [6.07, 6.45) is 4.58. The van der Waals surface area contributed by atoms with Gasteiger partial charge in [0.2, 0.25) is 0 Å². The zero-order valence-electron chi connectivity index (χ0n) is 12.4. The molecule has 6 heteroatoms. The fourth-order valence-corrected chi connectivity index (χ4v) is 3.60. The van der Waals surface area contributed by atoms with Gasteiger partial charge in [-0.1, -0.05) is 12.1 Å². The molecule has 1 saturated carbocycles. The highest BCUT2D eigenvalue weighted by atomic mass is 32.1. The Bertz CT molecular complexity index is 546. The monoisotopic (exact) mass is 306 g/mol. The van der Waals surface area contributed by atoms with E-state index in [0.717, 1.165) is 37.3 Å². The molecule has 0 aliphatic heterocycles. The molecule has 0 amide bonds. The third-order valence-corrected chi connectivity index (χ3v) is 4.93. The molecule has 0 saturated heterocycles. The molecule has 21 heavy (non-hydrogen) atoms. The van der Waals surface area contributed by atoms with Crippen LogP contribution >= 0.6 is 11.3 Å².